The summed E-state index contributed by atoms with van der Waals surface area (Å²) in [5, 5.41) is 5.67. The largest absolute Gasteiger partial charge is 0.399 e. The maximum Gasteiger partial charge on any atom is 0.221 e. The van der Waals surface area contributed by atoms with Gasteiger partial charge in [0.2, 0.25) is 11.8 Å². The molecule has 6 heteroatoms. The van der Waals surface area contributed by atoms with E-state index in [9.17, 15) is 9.59 Å². The van der Waals surface area contributed by atoms with Crippen LogP contribution in [-0.4, -0.2) is 24.9 Å². The van der Waals surface area contributed by atoms with Crippen molar-refractivity contribution < 1.29 is 9.59 Å². The molecule has 1 atom stereocenters. The van der Waals surface area contributed by atoms with Gasteiger partial charge in [-0.15, -0.1) is 0 Å². The molecule has 26 heavy (non-hydrogen) atoms. The molecular formula is C20H28N4O2. The summed E-state index contributed by atoms with van der Waals surface area (Å²) in [6.07, 6.45) is 9.16. The van der Waals surface area contributed by atoms with Crippen LogP contribution >= 0.6 is 0 Å². The van der Waals surface area contributed by atoms with E-state index in [0.29, 0.717) is 44.0 Å². The van der Waals surface area contributed by atoms with Crippen LogP contribution in [0.2, 0.25) is 0 Å². The molecule has 1 aliphatic carbocycles. The summed E-state index contributed by atoms with van der Waals surface area (Å²) in [5.74, 6) is 0.334. The second-order valence-electron chi connectivity index (χ2n) is 6.54. The van der Waals surface area contributed by atoms with Crippen LogP contribution in [-0.2, 0) is 16.0 Å². The van der Waals surface area contributed by atoms with Crippen LogP contribution in [0.5, 0.6) is 0 Å². The van der Waals surface area contributed by atoms with Gasteiger partial charge in [-0.1, -0.05) is 24.3 Å². The van der Waals surface area contributed by atoms with Gasteiger partial charge in [-0.25, -0.2) is 0 Å². The number of aryl methyl sites for hydroxylation is 1. The number of nitrogens with two attached hydrogens (primary N) is 2. The lowest BCUT2D eigenvalue weighted by Gasteiger charge is -2.14. The van der Waals surface area contributed by atoms with Gasteiger partial charge >= 0.3 is 0 Å². The molecule has 140 valence electrons. The Bertz CT molecular complexity index is 665. The molecule has 6 N–H and O–H groups in total. The molecule has 1 aliphatic rings. The summed E-state index contributed by atoms with van der Waals surface area (Å²) in [5.41, 5.74) is 13.9. The molecule has 6 nitrogen and oxygen atoms in total. The summed E-state index contributed by atoms with van der Waals surface area (Å²) in [6, 6.07) is 7.49. The molecule has 0 fully saturated rings. The molecule has 0 heterocycles. The summed E-state index contributed by atoms with van der Waals surface area (Å²) in [7, 11) is 0. The second kappa shape index (κ2) is 10.3. The van der Waals surface area contributed by atoms with Gasteiger partial charge < -0.3 is 22.1 Å². The fourth-order valence-electron chi connectivity index (χ4n) is 2.73. The van der Waals surface area contributed by atoms with Crippen LogP contribution in [0.4, 0.5) is 5.69 Å². The highest BCUT2D eigenvalue weighted by Gasteiger charge is 2.09. The van der Waals surface area contributed by atoms with Crippen molar-refractivity contribution in [2.75, 3.05) is 18.8 Å². The quantitative estimate of drug-likeness (QED) is 0.504. The van der Waals surface area contributed by atoms with Crippen molar-refractivity contribution >= 4 is 17.5 Å². The SMILES string of the molecule is NC1=CCC(CCNC(=O)CCNC(=O)CCc2ccc(N)cc2)C=C1. The summed E-state index contributed by atoms with van der Waals surface area (Å²) < 4.78 is 0. The Labute approximate surface area is 154 Å². The fourth-order valence-corrected chi connectivity index (χ4v) is 2.73. The van der Waals surface area contributed by atoms with Gasteiger partial charge in [0.15, 0.2) is 0 Å². The molecule has 1 aromatic carbocycles. The molecule has 0 radical (unpaired) electrons. The minimum Gasteiger partial charge on any atom is -0.399 e. The van der Waals surface area contributed by atoms with E-state index in [1.807, 2.05) is 36.4 Å². The number of hydrogen-bond donors (Lipinski definition) is 4. The number of carbonyl (C=O) groups is 2. The highest BCUT2D eigenvalue weighted by atomic mass is 16.2. The standard InChI is InChI=1S/C20H28N4O2/c21-17-6-1-15(2-7-17)5-10-19(25)24-14-12-20(26)23-13-11-16-3-8-18(22)9-4-16/h1-3,6-9,16H,4-5,10-14,21-22H2,(H,23,26)(H,24,25). The lowest BCUT2D eigenvalue weighted by Crippen LogP contribution is -2.31. The molecule has 0 aromatic heterocycles. The van der Waals surface area contributed by atoms with E-state index < -0.39 is 0 Å². The first kappa shape index (κ1) is 19.6. The number of amides is 2. The van der Waals surface area contributed by atoms with E-state index in [1.54, 1.807) is 0 Å². The number of nitrogens with one attached hydrogen (secondary N) is 2. The van der Waals surface area contributed by atoms with E-state index >= 15 is 0 Å². The van der Waals surface area contributed by atoms with E-state index in [0.717, 1.165) is 24.1 Å². The Kier molecular flexibility index (Phi) is 7.74. The van der Waals surface area contributed by atoms with E-state index in [-0.39, 0.29) is 11.8 Å². The topological polar surface area (TPSA) is 110 Å². The van der Waals surface area contributed by atoms with E-state index in [1.165, 1.54) is 0 Å². The zero-order chi connectivity index (χ0) is 18.8. The Hall–Kier alpha value is -2.76. The molecular weight excluding hydrogens is 328 g/mol. The zero-order valence-corrected chi connectivity index (χ0v) is 15.0. The van der Waals surface area contributed by atoms with E-state index in [4.69, 9.17) is 11.5 Å². The average molecular weight is 356 g/mol. The summed E-state index contributed by atoms with van der Waals surface area (Å²) in [6.45, 7) is 0.988. The molecule has 2 amide bonds. The number of benzene rings is 1. The van der Waals surface area contributed by atoms with Crippen LogP contribution in [0.3, 0.4) is 0 Å². The van der Waals surface area contributed by atoms with Crippen molar-refractivity contribution in [3.8, 4) is 0 Å². The highest BCUT2D eigenvalue weighted by molar-refractivity contribution is 5.79. The Morgan fingerprint density at radius 3 is 2.38 bits per heavy atom. The Morgan fingerprint density at radius 2 is 1.69 bits per heavy atom. The fraction of sp³-hybridized carbons (Fsp3) is 0.400. The number of nitrogen functional groups attached to an aromatic ring is 1. The molecule has 0 saturated heterocycles. The number of rotatable bonds is 9. The van der Waals surface area contributed by atoms with Gasteiger partial charge in [0.25, 0.3) is 0 Å². The maximum atomic E-state index is 11.8. The third kappa shape index (κ3) is 7.42. The molecule has 0 spiro atoms. The van der Waals surface area contributed by atoms with Crippen LogP contribution < -0.4 is 22.1 Å². The van der Waals surface area contributed by atoms with Crippen molar-refractivity contribution in [1.29, 1.82) is 0 Å². The summed E-state index contributed by atoms with van der Waals surface area (Å²) in [4.78, 5) is 23.6. The molecule has 0 bridgehead atoms. The number of allylic oxidation sites excluding steroid dienone is 3. The molecule has 1 aromatic rings. The van der Waals surface area contributed by atoms with Crippen molar-refractivity contribution in [3.63, 3.8) is 0 Å². The van der Waals surface area contributed by atoms with Gasteiger partial charge in [-0.05, 0) is 49.0 Å². The van der Waals surface area contributed by atoms with Gasteiger partial charge in [0, 0.05) is 37.3 Å². The number of hydrogen-bond acceptors (Lipinski definition) is 4. The van der Waals surface area contributed by atoms with Crippen molar-refractivity contribution in [3.05, 3.63) is 53.8 Å². The summed E-state index contributed by atoms with van der Waals surface area (Å²) >= 11 is 0. The van der Waals surface area contributed by atoms with Gasteiger partial charge in [-0.3, -0.25) is 9.59 Å². The lowest BCUT2D eigenvalue weighted by molar-refractivity contribution is -0.122. The first-order chi connectivity index (χ1) is 12.5. The monoisotopic (exact) mass is 356 g/mol. The second-order valence-corrected chi connectivity index (χ2v) is 6.54. The minimum atomic E-state index is -0.0497. The van der Waals surface area contributed by atoms with Crippen molar-refractivity contribution in [2.45, 2.75) is 32.1 Å². The Morgan fingerprint density at radius 1 is 1.00 bits per heavy atom. The van der Waals surface area contributed by atoms with Crippen molar-refractivity contribution in [2.24, 2.45) is 11.7 Å². The highest BCUT2D eigenvalue weighted by Crippen LogP contribution is 2.16. The smallest absolute Gasteiger partial charge is 0.221 e. The van der Waals surface area contributed by atoms with E-state index in [2.05, 4.69) is 16.7 Å². The maximum absolute atomic E-state index is 11.8. The normalized spacial score (nSPS) is 16.0. The molecule has 0 saturated carbocycles. The third-order valence-corrected chi connectivity index (χ3v) is 4.35. The molecule has 0 aliphatic heterocycles. The van der Waals surface area contributed by atoms with Gasteiger partial charge in [0.05, 0.1) is 0 Å². The molecule has 2 rings (SSSR count). The first-order valence-electron chi connectivity index (χ1n) is 9.04. The van der Waals surface area contributed by atoms with Crippen LogP contribution in [0, 0.1) is 5.92 Å². The average Bonchev–Trinajstić information content (AvgIpc) is 2.63. The van der Waals surface area contributed by atoms with Crippen LogP contribution in [0.15, 0.2) is 48.2 Å². The third-order valence-electron chi connectivity index (χ3n) is 4.35. The van der Waals surface area contributed by atoms with Crippen LogP contribution in [0.25, 0.3) is 0 Å². The van der Waals surface area contributed by atoms with Gasteiger partial charge in [0.1, 0.15) is 0 Å². The van der Waals surface area contributed by atoms with Crippen LogP contribution in [0.1, 0.15) is 31.2 Å². The predicted molar refractivity (Wildman–Crippen MR) is 104 cm³/mol. The molecule has 1 unspecified atom stereocenters. The Balaban J connectivity index is 1.51. The van der Waals surface area contributed by atoms with Crippen molar-refractivity contribution in [1.82, 2.24) is 10.6 Å². The number of anilines is 1. The first-order valence-corrected chi connectivity index (χ1v) is 9.04. The van der Waals surface area contributed by atoms with Gasteiger partial charge in [-0.2, -0.15) is 0 Å². The lowest BCUT2D eigenvalue weighted by atomic mass is 9.96. The minimum absolute atomic E-state index is 0.0429. The predicted octanol–water partition coefficient (Wildman–Crippen LogP) is 1.63. The zero-order valence-electron chi connectivity index (χ0n) is 15.0. The number of carbonyl (C=O) groups excluding carboxylic acids is 2.